The summed E-state index contributed by atoms with van der Waals surface area (Å²) >= 11 is 0. The summed E-state index contributed by atoms with van der Waals surface area (Å²) in [5, 5.41) is 0. The third kappa shape index (κ3) is 3.19. The molecule has 0 amide bonds. The van der Waals surface area contributed by atoms with Crippen molar-refractivity contribution in [3.8, 4) is 0 Å². The molecule has 0 saturated carbocycles. The van der Waals surface area contributed by atoms with Gasteiger partial charge in [-0.3, -0.25) is 4.79 Å². The van der Waals surface area contributed by atoms with Gasteiger partial charge in [0.25, 0.3) is 0 Å². The maximum Gasteiger partial charge on any atom is 0.466 e. The van der Waals surface area contributed by atoms with Gasteiger partial charge in [-0.25, -0.2) is 0 Å². The van der Waals surface area contributed by atoms with Gasteiger partial charge < -0.3 is 13.7 Å². The molecule has 0 N–H and O–H groups in total. The molecule has 1 aromatic carbocycles. The van der Waals surface area contributed by atoms with Crippen LogP contribution in [-0.4, -0.2) is 24.1 Å². The number of hydrogen-bond donors (Lipinski definition) is 0. The first-order chi connectivity index (χ1) is 11.3. The minimum atomic E-state index is -0.476. The molecule has 126 valence electrons. The standard InChI is InChI=1S/C19H23BO4/c1-18(2)19(3,4)24-20(23-18)15(14-9-6-5-7-10-14)13-16(21)17-11-8-12-22-17/h5-12,15H,13H2,1-4H3. The molecule has 3 rings (SSSR count). The van der Waals surface area contributed by atoms with Gasteiger partial charge in [0, 0.05) is 12.2 Å². The van der Waals surface area contributed by atoms with E-state index in [2.05, 4.69) is 0 Å². The van der Waals surface area contributed by atoms with Crippen LogP contribution < -0.4 is 0 Å². The van der Waals surface area contributed by atoms with Crippen LogP contribution >= 0.6 is 0 Å². The average Bonchev–Trinajstić information content (AvgIpc) is 3.12. The lowest BCUT2D eigenvalue weighted by Gasteiger charge is -2.32. The molecule has 1 aromatic heterocycles. The molecule has 0 aliphatic carbocycles. The molecule has 1 atom stereocenters. The predicted molar refractivity (Wildman–Crippen MR) is 92.9 cm³/mol. The quantitative estimate of drug-likeness (QED) is 0.608. The van der Waals surface area contributed by atoms with Crippen LogP contribution in [0.3, 0.4) is 0 Å². The summed E-state index contributed by atoms with van der Waals surface area (Å²) in [4.78, 5) is 12.6. The highest BCUT2D eigenvalue weighted by atomic mass is 16.7. The van der Waals surface area contributed by atoms with Crippen LogP contribution in [0.15, 0.2) is 53.1 Å². The summed E-state index contributed by atoms with van der Waals surface area (Å²) in [5.74, 6) is 0.126. The van der Waals surface area contributed by atoms with E-state index in [4.69, 9.17) is 13.7 Å². The van der Waals surface area contributed by atoms with E-state index < -0.39 is 18.3 Å². The van der Waals surface area contributed by atoms with Crippen molar-refractivity contribution in [2.24, 2.45) is 0 Å². The lowest BCUT2D eigenvalue weighted by Crippen LogP contribution is -2.41. The Morgan fingerprint density at radius 2 is 1.62 bits per heavy atom. The Morgan fingerprint density at radius 1 is 1.00 bits per heavy atom. The Balaban J connectivity index is 1.88. The largest absolute Gasteiger partial charge is 0.466 e. The van der Waals surface area contributed by atoms with Crippen LogP contribution in [0.2, 0.25) is 0 Å². The van der Waals surface area contributed by atoms with E-state index in [1.54, 1.807) is 12.1 Å². The van der Waals surface area contributed by atoms with Crippen LogP contribution in [0.4, 0.5) is 0 Å². The zero-order chi connectivity index (χ0) is 17.4. The number of furan rings is 1. The zero-order valence-electron chi connectivity index (χ0n) is 14.6. The molecule has 1 fully saturated rings. The normalized spacial score (nSPS) is 20.1. The average molecular weight is 326 g/mol. The molecule has 1 aliphatic heterocycles. The number of hydrogen-bond acceptors (Lipinski definition) is 4. The minimum absolute atomic E-state index is 0.0523. The van der Waals surface area contributed by atoms with Gasteiger partial charge in [0.1, 0.15) is 0 Å². The van der Waals surface area contributed by atoms with Gasteiger partial charge in [0.15, 0.2) is 11.5 Å². The fourth-order valence-corrected chi connectivity index (χ4v) is 2.86. The molecule has 0 bridgehead atoms. The lowest BCUT2D eigenvalue weighted by atomic mass is 9.65. The first-order valence-corrected chi connectivity index (χ1v) is 8.27. The van der Waals surface area contributed by atoms with E-state index in [9.17, 15) is 4.79 Å². The number of Topliss-reactive ketones (excluding diaryl/α,β-unsaturated/α-hetero) is 1. The van der Waals surface area contributed by atoms with Crippen molar-refractivity contribution in [2.75, 3.05) is 0 Å². The third-order valence-corrected chi connectivity index (χ3v) is 5.03. The highest BCUT2D eigenvalue weighted by Crippen LogP contribution is 2.42. The van der Waals surface area contributed by atoms with E-state index in [1.165, 1.54) is 6.26 Å². The van der Waals surface area contributed by atoms with E-state index in [0.717, 1.165) is 5.56 Å². The first kappa shape index (κ1) is 17.0. The van der Waals surface area contributed by atoms with E-state index in [1.807, 2.05) is 58.0 Å². The highest BCUT2D eigenvalue weighted by Gasteiger charge is 2.54. The number of ketones is 1. The van der Waals surface area contributed by atoms with Gasteiger partial charge in [-0.1, -0.05) is 30.3 Å². The van der Waals surface area contributed by atoms with Crippen LogP contribution in [0.5, 0.6) is 0 Å². The second-order valence-electron chi connectivity index (χ2n) is 7.25. The smallest absolute Gasteiger partial charge is 0.461 e. The molecule has 1 saturated heterocycles. The van der Waals surface area contributed by atoms with Crippen molar-refractivity contribution in [2.45, 2.75) is 51.1 Å². The number of benzene rings is 1. The summed E-state index contributed by atoms with van der Waals surface area (Å²) in [6.07, 6.45) is 1.79. The van der Waals surface area contributed by atoms with Crippen LogP contribution in [0.1, 0.15) is 56.1 Å². The summed E-state index contributed by atoms with van der Waals surface area (Å²) < 4.78 is 17.6. The van der Waals surface area contributed by atoms with Crippen LogP contribution in [0, 0.1) is 0 Å². The van der Waals surface area contributed by atoms with E-state index in [0.29, 0.717) is 5.76 Å². The van der Waals surface area contributed by atoms with Crippen molar-refractivity contribution in [3.05, 3.63) is 60.1 Å². The molecule has 24 heavy (non-hydrogen) atoms. The zero-order valence-corrected chi connectivity index (χ0v) is 14.6. The summed E-state index contributed by atoms with van der Waals surface area (Å²) in [5.41, 5.74) is 0.160. The number of carbonyl (C=O) groups excluding carboxylic acids is 1. The monoisotopic (exact) mass is 326 g/mol. The van der Waals surface area contributed by atoms with Crippen LogP contribution in [-0.2, 0) is 9.31 Å². The Hall–Kier alpha value is -1.85. The van der Waals surface area contributed by atoms with E-state index >= 15 is 0 Å². The van der Waals surface area contributed by atoms with Crippen LogP contribution in [0.25, 0.3) is 0 Å². The van der Waals surface area contributed by atoms with E-state index in [-0.39, 0.29) is 18.0 Å². The Kier molecular flexibility index (Phi) is 4.41. The summed E-state index contributed by atoms with van der Waals surface area (Å²) in [6.45, 7) is 8.07. The van der Waals surface area contributed by atoms with Crippen molar-refractivity contribution < 1.29 is 18.5 Å². The summed E-state index contributed by atoms with van der Waals surface area (Å²) in [6, 6.07) is 13.3. The van der Waals surface area contributed by atoms with Gasteiger partial charge >= 0.3 is 7.12 Å². The van der Waals surface area contributed by atoms with Crippen molar-refractivity contribution in [1.29, 1.82) is 0 Å². The second-order valence-corrected chi connectivity index (χ2v) is 7.25. The molecule has 1 unspecified atom stereocenters. The molecule has 1 aliphatic rings. The first-order valence-electron chi connectivity index (χ1n) is 8.27. The van der Waals surface area contributed by atoms with Gasteiger partial charge in [-0.15, -0.1) is 0 Å². The van der Waals surface area contributed by atoms with Crippen molar-refractivity contribution in [1.82, 2.24) is 0 Å². The maximum atomic E-state index is 12.6. The SMILES string of the molecule is CC1(C)OB(C(CC(=O)c2ccco2)c2ccccc2)OC1(C)C. The molecule has 5 heteroatoms. The minimum Gasteiger partial charge on any atom is -0.461 e. The number of carbonyl (C=O) groups is 1. The van der Waals surface area contributed by atoms with Gasteiger partial charge in [-0.2, -0.15) is 0 Å². The molecule has 2 aromatic rings. The molecular formula is C19H23BO4. The fraction of sp³-hybridized carbons (Fsp3) is 0.421. The lowest BCUT2D eigenvalue weighted by molar-refractivity contribution is 0.00578. The third-order valence-electron chi connectivity index (χ3n) is 5.03. The molecule has 0 radical (unpaired) electrons. The second kappa shape index (κ2) is 6.23. The topological polar surface area (TPSA) is 48.7 Å². The van der Waals surface area contributed by atoms with Crippen molar-refractivity contribution >= 4 is 12.9 Å². The molecular weight excluding hydrogens is 303 g/mol. The summed E-state index contributed by atoms with van der Waals surface area (Å²) in [7, 11) is -0.476. The molecule has 4 nitrogen and oxygen atoms in total. The predicted octanol–water partition coefficient (Wildman–Crippen LogP) is 4.27. The number of rotatable bonds is 5. The Labute approximate surface area is 143 Å². The van der Waals surface area contributed by atoms with Gasteiger partial charge in [0.05, 0.1) is 17.5 Å². The Morgan fingerprint density at radius 3 is 2.17 bits per heavy atom. The van der Waals surface area contributed by atoms with Gasteiger partial charge in [-0.05, 0) is 45.4 Å². The molecule has 0 spiro atoms. The highest BCUT2D eigenvalue weighted by molar-refractivity contribution is 6.48. The fourth-order valence-electron chi connectivity index (χ4n) is 2.86. The van der Waals surface area contributed by atoms with Crippen molar-refractivity contribution in [3.63, 3.8) is 0 Å². The van der Waals surface area contributed by atoms with Gasteiger partial charge in [0.2, 0.25) is 0 Å². The Bertz CT molecular complexity index is 675. The molecule has 2 heterocycles. The maximum absolute atomic E-state index is 12.6.